The first-order valence-corrected chi connectivity index (χ1v) is 14.9. The lowest BCUT2D eigenvalue weighted by molar-refractivity contribution is 1.29. The van der Waals surface area contributed by atoms with Crippen molar-refractivity contribution >= 4 is 60.2 Å². The van der Waals surface area contributed by atoms with E-state index in [0.717, 1.165) is 38.5 Å². The lowest BCUT2D eigenvalue weighted by atomic mass is 10.0. The van der Waals surface area contributed by atoms with Gasteiger partial charge in [0, 0.05) is 28.0 Å². The molecule has 0 N–H and O–H groups in total. The van der Waals surface area contributed by atoms with Gasteiger partial charge in [0.15, 0.2) is 0 Å². The van der Waals surface area contributed by atoms with Crippen LogP contribution in [0.25, 0.3) is 53.5 Å². The van der Waals surface area contributed by atoms with Crippen LogP contribution in [-0.2, 0) is 0 Å². The Labute approximate surface area is 248 Å². The Morgan fingerprint density at radius 2 is 1.00 bits per heavy atom. The summed E-state index contributed by atoms with van der Waals surface area (Å²) in [5.41, 5.74) is 7.96. The zero-order valence-corrected chi connectivity index (χ0v) is 23.6. The Bertz CT molecular complexity index is 2180. The molecule has 0 amide bonds. The molecule has 0 radical (unpaired) electrons. The summed E-state index contributed by atoms with van der Waals surface area (Å²) < 4.78 is 1.20. The number of hydrogen-bond acceptors (Lipinski definition) is 3. The third kappa shape index (κ3) is 4.41. The minimum atomic E-state index is 1.05. The standard InChI is InChI=1S/C39H26N2S/c1-3-9-27(10-4-1)29-15-20-33(21-16-29)41(34-22-17-28-11-7-8-14-32(28)25-34)35-23-18-30-19-24-37-38(36(30)26-35)40-39(42-37)31-12-5-2-6-13-31/h1-26H. The van der Waals surface area contributed by atoms with E-state index >= 15 is 0 Å². The zero-order valence-electron chi connectivity index (χ0n) is 22.8. The summed E-state index contributed by atoms with van der Waals surface area (Å²) >= 11 is 1.75. The van der Waals surface area contributed by atoms with E-state index in [0.29, 0.717) is 0 Å². The van der Waals surface area contributed by atoms with Gasteiger partial charge in [0.05, 0.1) is 10.2 Å². The average molecular weight is 555 g/mol. The second-order valence-corrected chi connectivity index (χ2v) is 11.5. The molecule has 2 nitrogen and oxygen atoms in total. The van der Waals surface area contributed by atoms with Crippen molar-refractivity contribution in [2.75, 3.05) is 4.90 Å². The zero-order chi connectivity index (χ0) is 27.9. The van der Waals surface area contributed by atoms with Gasteiger partial charge in [-0.05, 0) is 69.8 Å². The van der Waals surface area contributed by atoms with E-state index in [4.69, 9.17) is 4.98 Å². The number of benzene rings is 7. The lowest BCUT2D eigenvalue weighted by Gasteiger charge is -2.26. The highest BCUT2D eigenvalue weighted by molar-refractivity contribution is 7.21. The van der Waals surface area contributed by atoms with Crippen LogP contribution in [-0.4, -0.2) is 4.98 Å². The molecule has 3 heteroatoms. The first-order chi connectivity index (χ1) is 20.8. The van der Waals surface area contributed by atoms with Gasteiger partial charge in [0.1, 0.15) is 5.01 Å². The molecule has 7 aromatic carbocycles. The Balaban J connectivity index is 1.30. The molecular weight excluding hydrogens is 529 g/mol. The molecule has 0 atom stereocenters. The second-order valence-electron chi connectivity index (χ2n) is 10.5. The van der Waals surface area contributed by atoms with Crippen LogP contribution in [0.4, 0.5) is 17.1 Å². The average Bonchev–Trinajstić information content (AvgIpc) is 3.51. The summed E-state index contributed by atoms with van der Waals surface area (Å²) in [6.07, 6.45) is 0. The van der Waals surface area contributed by atoms with Gasteiger partial charge in [0.2, 0.25) is 0 Å². The van der Waals surface area contributed by atoms with Gasteiger partial charge in [-0.15, -0.1) is 11.3 Å². The molecule has 0 saturated carbocycles. The van der Waals surface area contributed by atoms with Gasteiger partial charge >= 0.3 is 0 Å². The van der Waals surface area contributed by atoms with Crippen molar-refractivity contribution in [2.45, 2.75) is 0 Å². The van der Waals surface area contributed by atoms with Crippen LogP contribution in [0, 0.1) is 0 Å². The molecule has 8 rings (SSSR count). The van der Waals surface area contributed by atoms with E-state index in [-0.39, 0.29) is 0 Å². The number of anilines is 3. The van der Waals surface area contributed by atoms with Crippen LogP contribution in [0.15, 0.2) is 158 Å². The Hall–Kier alpha value is -5.25. The van der Waals surface area contributed by atoms with E-state index in [1.807, 2.05) is 6.07 Å². The van der Waals surface area contributed by atoms with Gasteiger partial charge in [-0.2, -0.15) is 0 Å². The maximum Gasteiger partial charge on any atom is 0.124 e. The molecule has 0 aliphatic carbocycles. The molecule has 198 valence electrons. The fourth-order valence-electron chi connectivity index (χ4n) is 5.74. The Morgan fingerprint density at radius 1 is 0.429 bits per heavy atom. The van der Waals surface area contributed by atoms with Crippen LogP contribution < -0.4 is 4.90 Å². The largest absolute Gasteiger partial charge is 0.310 e. The van der Waals surface area contributed by atoms with Crippen LogP contribution in [0.2, 0.25) is 0 Å². The molecule has 42 heavy (non-hydrogen) atoms. The molecule has 0 aliphatic rings. The molecule has 0 spiro atoms. The van der Waals surface area contributed by atoms with Crippen molar-refractivity contribution in [1.29, 1.82) is 0 Å². The molecule has 0 bridgehead atoms. The number of rotatable bonds is 5. The van der Waals surface area contributed by atoms with Gasteiger partial charge < -0.3 is 4.90 Å². The summed E-state index contributed by atoms with van der Waals surface area (Å²) in [5.74, 6) is 0. The molecule has 8 aromatic rings. The fraction of sp³-hybridized carbons (Fsp3) is 0. The minimum absolute atomic E-state index is 1.05. The number of thiazole rings is 1. The quantitative estimate of drug-likeness (QED) is 0.210. The predicted octanol–water partition coefficient (Wildman–Crippen LogP) is 11.4. The third-order valence-electron chi connectivity index (χ3n) is 7.86. The van der Waals surface area contributed by atoms with Crippen LogP contribution >= 0.6 is 11.3 Å². The lowest BCUT2D eigenvalue weighted by Crippen LogP contribution is -2.10. The highest BCUT2D eigenvalue weighted by Crippen LogP contribution is 2.40. The third-order valence-corrected chi connectivity index (χ3v) is 8.93. The number of hydrogen-bond donors (Lipinski definition) is 0. The van der Waals surface area contributed by atoms with Gasteiger partial charge in [0.25, 0.3) is 0 Å². The Kier molecular flexibility index (Phi) is 6.02. The SMILES string of the molecule is c1ccc(-c2ccc(N(c3ccc4ccccc4c3)c3ccc4ccc5sc(-c6ccccc6)nc5c4c3)cc2)cc1. The molecule has 1 aromatic heterocycles. The van der Waals surface area contributed by atoms with Crippen molar-refractivity contribution in [3.63, 3.8) is 0 Å². The Morgan fingerprint density at radius 3 is 1.76 bits per heavy atom. The van der Waals surface area contributed by atoms with Crippen molar-refractivity contribution in [3.8, 4) is 21.7 Å². The highest BCUT2D eigenvalue weighted by Gasteiger charge is 2.16. The summed E-state index contributed by atoms with van der Waals surface area (Å²) in [5, 5.41) is 5.85. The van der Waals surface area contributed by atoms with Crippen LogP contribution in [0.3, 0.4) is 0 Å². The van der Waals surface area contributed by atoms with Crippen molar-refractivity contribution in [3.05, 3.63) is 158 Å². The fourth-order valence-corrected chi connectivity index (χ4v) is 6.73. The van der Waals surface area contributed by atoms with Gasteiger partial charge in [-0.25, -0.2) is 4.98 Å². The summed E-state index contributed by atoms with van der Waals surface area (Å²) in [4.78, 5) is 7.49. The normalized spacial score (nSPS) is 11.3. The summed E-state index contributed by atoms with van der Waals surface area (Å²) in [7, 11) is 0. The van der Waals surface area contributed by atoms with E-state index in [1.165, 1.54) is 32.0 Å². The van der Waals surface area contributed by atoms with Gasteiger partial charge in [-0.1, -0.05) is 115 Å². The molecule has 0 saturated heterocycles. The van der Waals surface area contributed by atoms with Crippen molar-refractivity contribution in [1.82, 2.24) is 4.98 Å². The van der Waals surface area contributed by atoms with Crippen molar-refractivity contribution < 1.29 is 0 Å². The maximum atomic E-state index is 5.14. The van der Waals surface area contributed by atoms with E-state index < -0.39 is 0 Å². The van der Waals surface area contributed by atoms with Crippen molar-refractivity contribution in [2.24, 2.45) is 0 Å². The molecule has 1 heterocycles. The molecule has 0 fully saturated rings. The monoisotopic (exact) mass is 554 g/mol. The van der Waals surface area contributed by atoms with E-state index in [1.54, 1.807) is 11.3 Å². The van der Waals surface area contributed by atoms with E-state index in [2.05, 4.69) is 157 Å². The smallest absolute Gasteiger partial charge is 0.124 e. The minimum Gasteiger partial charge on any atom is -0.310 e. The maximum absolute atomic E-state index is 5.14. The van der Waals surface area contributed by atoms with Crippen LogP contribution in [0.1, 0.15) is 0 Å². The summed E-state index contributed by atoms with van der Waals surface area (Å²) in [6, 6.07) is 56.3. The molecule has 0 aliphatic heterocycles. The number of nitrogens with zero attached hydrogens (tertiary/aromatic N) is 2. The predicted molar refractivity (Wildman–Crippen MR) is 180 cm³/mol. The topological polar surface area (TPSA) is 16.1 Å². The number of fused-ring (bicyclic) bond motifs is 4. The molecule has 0 unspecified atom stereocenters. The second kappa shape index (κ2) is 10.3. The van der Waals surface area contributed by atoms with Crippen LogP contribution in [0.5, 0.6) is 0 Å². The first kappa shape index (κ1) is 24.5. The summed E-state index contributed by atoms with van der Waals surface area (Å²) in [6.45, 7) is 0. The molecular formula is C39H26N2S. The number of aromatic nitrogens is 1. The van der Waals surface area contributed by atoms with E-state index in [9.17, 15) is 0 Å². The highest BCUT2D eigenvalue weighted by atomic mass is 32.1. The first-order valence-electron chi connectivity index (χ1n) is 14.1. The van der Waals surface area contributed by atoms with Gasteiger partial charge in [-0.3, -0.25) is 0 Å².